The molecule has 0 bridgehead atoms. The third-order valence-electron chi connectivity index (χ3n) is 16.5. The molecule has 0 unspecified atom stereocenters. The Morgan fingerprint density at radius 3 is 1.86 bits per heavy atom. The molecule has 0 atom stereocenters. The van der Waals surface area contributed by atoms with Crippen LogP contribution in [0.1, 0.15) is 31.9 Å². The zero-order valence-corrected chi connectivity index (χ0v) is 43.1. The highest BCUT2D eigenvalue weighted by atomic mass is 16.5. The van der Waals surface area contributed by atoms with E-state index >= 15 is 0 Å². The van der Waals surface area contributed by atoms with Crippen LogP contribution in [0, 0.1) is 11.3 Å². The molecule has 0 aliphatic carbocycles. The Bertz CT molecular complexity index is 4860. The smallest absolute Gasteiger partial charge is 0.256 e. The maximum Gasteiger partial charge on any atom is 0.256 e. The van der Waals surface area contributed by atoms with Crippen molar-refractivity contribution in [3.05, 3.63) is 242 Å². The molecule has 6 nitrogen and oxygen atoms in total. The molecule has 5 heterocycles. The standard InChI is InChI=1S/C71H47BN4O2/c1-71(2,3)47-31-32-56-63(39-47)76(64-40-48(74-58-23-11-7-18-50(58)51-19-8-12-24-59(51)74)41-68-69(64)72(56)57-38-45(29-35-67(57)78-68)44-16-5-4-6-17-44)70-49(46-30-34-66-55(37-46)53-21-10-14-27-65(53)77-66)22-15-26-62(70)75-60-25-13-9-20-52(60)54-36-43(42-73)28-33-61(54)75/h4-41H,1-3H3. The van der Waals surface area contributed by atoms with Gasteiger partial charge in [0.15, 0.2) is 0 Å². The average molecular weight is 999 g/mol. The zero-order valence-electron chi connectivity index (χ0n) is 43.1. The summed E-state index contributed by atoms with van der Waals surface area (Å²) in [6.45, 7) is 6.74. The third-order valence-corrected chi connectivity index (χ3v) is 16.5. The third kappa shape index (κ3) is 6.44. The summed E-state index contributed by atoms with van der Waals surface area (Å²) in [4.78, 5) is 2.57. The van der Waals surface area contributed by atoms with Gasteiger partial charge in [-0.25, -0.2) is 0 Å². The van der Waals surface area contributed by atoms with Crippen molar-refractivity contribution >= 4 is 106 Å². The van der Waals surface area contributed by atoms with E-state index in [4.69, 9.17) is 9.15 Å². The fourth-order valence-electron chi connectivity index (χ4n) is 13.0. The van der Waals surface area contributed by atoms with Gasteiger partial charge in [0.2, 0.25) is 0 Å². The van der Waals surface area contributed by atoms with E-state index in [-0.39, 0.29) is 12.1 Å². The first kappa shape index (κ1) is 44.3. The van der Waals surface area contributed by atoms with Crippen LogP contribution in [0.15, 0.2) is 235 Å². The number of aromatic nitrogens is 2. The average Bonchev–Trinajstić information content (AvgIpc) is 3.59. The topological polar surface area (TPSA) is 59.3 Å². The molecule has 3 aromatic heterocycles. The number of benzene rings is 11. The monoisotopic (exact) mass is 998 g/mol. The van der Waals surface area contributed by atoms with Gasteiger partial charge in [0.1, 0.15) is 22.7 Å². The van der Waals surface area contributed by atoms with Gasteiger partial charge in [-0.2, -0.15) is 5.26 Å². The largest absolute Gasteiger partial charge is 0.458 e. The van der Waals surface area contributed by atoms with Crippen LogP contribution < -0.4 is 26.0 Å². The number of nitriles is 1. The molecule has 0 saturated carbocycles. The molecular weight excluding hydrogens is 952 g/mol. The number of hydrogen-bond acceptors (Lipinski definition) is 4. The summed E-state index contributed by atoms with van der Waals surface area (Å²) in [5, 5.41) is 16.9. The van der Waals surface area contributed by atoms with E-state index < -0.39 is 0 Å². The lowest BCUT2D eigenvalue weighted by atomic mass is 9.34. The molecule has 366 valence electrons. The minimum Gasteiger partial charge on any atom is -0.458 e. The summed E-state index contributed by atoms with van der Waals surface area (Å²) in [5.41, 5.74) is 20.6. The number of ether oxygens (including phenoxy) is 1. The highest BCUT2D eigenvalue weighted by Gasteiger charge is 2.44. The molecule has 0 spiro atoms. The summed E-state index contributed by atoms with van der Waals surface area (Å²) < 4.78 is 18.7. The minimum absolute atomic E-state index is 0.184. The van der Waals surface area contributed by atoms with Crippen molar-refractivity contribution in [2.45, 2.75) is 26.2 Å². The lowest BCUT2D eigenvalue weighted by Crippen LogP contribution is -2.59. The second-order valence-electron chi connectivity index (χ2n) is 21.9. The van der Waals surface area contributed by atoms with Crippen LogP contribution in [0.5, 0.6) is 11.5 Å². The predicted molar refractivity (Wildman–Crippen MR) is 323 cm³/mol. The highest BCUT2D eigenvalue weighted by Crippen LogP contribution is 2.51. The summed E-state index contributed by atoms with van der Waals surface area (Å²) in [6, 6.07) is 85.6. The first-order valence-corrected chi connectivity index (χ1v) is 26.7. The molecule has 7 heteroatoms. The molecule has 11 aromatic carbocycles. The number of rotatable bonds is 5. The molecule has 0 amide bonds. The van der Waals surface area contributed by atoms with Crippen LogP contribution in [0.4, 0.5) is 17.1 Å². The molecule has 16 rings (SSSR count). The number of para-hydroxylation sites is 5. The van der Waals surface area contributed by atoms with Crippen LogP contribution in [0.2, 0.25) is 0 Å². The summed E-state index contributed by atoms with van der Waals surface area (Å²) >= 11 is 0. The fourth-order valence-corrected chi connectivity index (χ4v) is 13.0. The van der Waals surface area contributed by atoms with Gasteiger partial charge in [0, 0.05) is 55.3 Å². The second-order valence-corrected chi connectivity index (χ2v) is 21.9. The molecule has 78 heavy (non-hydrogen) atoms. The number of nitrogens with zero attached hydrogens (tertiary/aromatic N) is 4. The Balaban J connectivity index is 1.07. The van der Waals surface area contributed by atoms with E-state index in [0.717, 1.165) is 128 Å². The van der Waals surface area contributed by atoms with E-state index in [9.17, 15) is 5.26 Å². The quantitative estimate of drug-likeness (QED) is 0.161. The Morgan fingerprint density at radius 2 is 1.10 bits per heavy atom. The van der Waals surface area contributed by atoms with Gasteiger partial charge >= 0.3 is 0 Å². The molecule has 0 saturated heterocycles. The zero-order chi connectivity index (χ0) is 52.0. The van der Waals surface area contributed by atoms with E-state index in [1.807, 2.05) is 24.3 Å². The second kappa shape index (κ2) is 16.5. The van der Waals surface area contributed by atoms with Crippen LogP contribution in [0.3, 0.4) is 0 Å². The predicted octanol–water partition coefficient (Wildman–Crippen LogP) is 16.7. The van der Waals surface area contributed by atoms with Crippen LogP contribution >= 0.6 is 0 Å². The molecule has 0 N–H and O–H groups in total. The van der Waals surface area contributed by atoms with Crippen LogP contribution in [0.25, 0.3) is 99.2 Å². The molecule has 2 aliphatic heterocycles. The van der Waals surface area contributed by atoms with Crippen molar-refractivity contribution in [1.82, 2.24) is 9.13 Å². The number of anilines is 3. The summed E-state index contributed by atoms with van der Waals surface area (Å²) in [6.07, 6.45) is 0. The van der Waals surface area contributed by atoms with Gasteiger partial charge < -0.3 is 23.2 Å². The van der Waals surface area contributed by atoms with Crippen molar-refractivity contribution in [2.75, 3.05) is 4.90 Å². The molecule has 2 aliphatic rings. The van der Waals surface area contributed by atoms with Crippen molar-refractivity contribution in [3.8, 4) is 51.2 Å². The first-order valence-electron chi connectivity index (χ1n) is 26.7. The Morgan fingerprint density at radius 1 is 0.436 bits per heavy atom. The van der Waals surface area contributed by atoms with Crippen molar-refractivity contribution < 1.29 is 9.15 Å². The fraction of sp³-hybridized carbons (Fsp3) is 0.0563. The Hall–Kier alpha value is -10.0. The summed E-state index contributed by atoms with van der Waals surface area (Å²) in [7, 11) is 0. The maximum absolute atomic E-state index is 10.3. The van der Waals surface area contributed by atoms with Crippen LogP contribution in [-0.4, -0.2) is 15.8 Å². The lowest BCUT2D eigenvalue weighted by molar-refractivity contribution is 0.487. The number of furan rings is 1. The minimum atomic E-state index is -0.188. The van der Waals surface area contributed by atoms with Gasteiger partial charge in [0.25, 0.3) is 6.71 Å². The van der Waals surface area contributed by atoms with Crippen molar-refractivity contribution in [2.24, 2.45) is 0 Å². The maximum atomic E-state index is 10.3. The van der Waals surface area contributed by atoms with Gasteiger partial charge in [-0.1, -0.05) is 166 Å². The highest BCUT2D eigenvalue weighted by molar-refractivity contribution is 6.99. The first-order chi connectivity index (χ1) is 38.3. The van der Waals surface area contributed by atoms with E-state index in [2.05, 4.69) is 247 Å². The molecule has 0 fully saturated rings. The molecular formula is C71H47BN4O2. The Kier molecular flexibility index (Phi) is 9.36. The van der Waals surface area contributed by atoms with E-state index in [0.29, 0.717) is 5.56 Å². The van der Waals surface area contributed by atoms with Gasteiger partial charge in [-0.05, 0) is 123 Å². The van der Waals surface area contributed by atoms with Gasteiger partial charge in [-0.3, -0.25) is 0 Å². The molecule has 14 aromatic rings. The van der Waals surface area contributed by atoms with E-state index in [1.54, 1.807) is 0 Å². The van der Waals surface area contributed by atoms with Gasteiger partial charge in [0.05, 0.1) is 50.8 Å². The summed E-state index contributed by atoms with van der Waals surface area (Å²) in [5.74, 6) is 1.66. The van der Waals surface area contributed by atoms with Crippen molar-refractivity contribution in [3.63, 3.8) is 0 Å². The lowest BCUT2D eigenvalue weighted by Gasteiger charge is -2.42. The van der Waals surface area contributed by atoms with Gasteiger partial charge in [-0.15, -0.1) is 0 Å². The SMILES string of the molecule is CC(C)(C)c1ccc2c(c1)N(c1c(-c3ccc4oc5ccccc5c4c3)cccc1-n1c3ccccc3c3cc(C#N)ccc31)c1cc(-n3c4ccccc4c4ccccc43)cc3c1B2c1cc(-c2ccccc2)ccc1O3. The van der Waals surface area contributed by atoms with E-state index in [1.165, 1.54) is 21.8 Å². The number of hydrogen-bond donors (Lipinski definition) is 0. The number of fused-ring (bicyclic) bond motifs is 13. The molecule has 0 radical (unpaired) electrons. The Labute approximate surface area is 450 Å². The normalized spacial score (nSPS) is 12.8. The van der Waals surface area contributed by atoms with Crippen LogP contribution in [-0.2, 0) is 5.41 Å². The van der Waals surface area contributed by atoms with Crippen molar-refractivity contribution in [1.29, 1.82) is 5.26 Å².